The first-order chi connectivity index (χ1) is 18.3. The molecule has 38 heavy (non-hydrogen) atoms. The summed E-state index contributed by atoms with van der Waals surface area (Å²) < 4.78 is 16.5. The third-order valence-electron chi connectivity index (χ3n) is 5.45. The first-order valence-corrected chi connectivity index (χ1v) is 11.9. The van der Waals surface area contributed by atoms with Gasteiger partial charge in [-0.15, -0.1) is 0 Å². The molecule has 0 aliphatic rings. The lowest BCUT2D eigenvalue weighted by molar-refractivity contribution is -0.136. The van der Waals surface area contributed by atoms with Gasteiger partial charge in [0.2, 0.25) is 0 Å². The maximum absolute atomic E-state index is 12.4. The van der Waals surface area contributed by atoms with Crippen molar-refractivity contribution in [3.8, 4) is 17.2 Å². The number of ether oxygens (including phenoxy) is 3. The van der Waals surface area contributed by atoms with Crippen LogP contribution in [0.5, 0.6) is 17.2 Å². The van der Waals surface area contributed by atoms with Gasteiger partial charge in [-0.25, -0.2) is 5.43 Å². The van der Waals surface area contributed by atoms with Gasteiger partial charge in [-0.1, -0.05) is 18.2 Å². The van der Waals surface area contributed by atoms with Crippen LogP contribution in [-0.4, -0.2) is 44.3 Å². The third-order valence-corrected chi connectivity index (χ3v) is 5.45. The number of nitrogens with one attached hydrogen (secondary N) is 3. The van der Waals surface area contributed by atoms with Crippen molar-refractivity contribution in [1.29, 1.82) is 0 Å². The van der Waals surface area contributed by atoms with E-state index in [1.54, 1.807) is 54.6 Å². The van der Waals surface area contributed by atoms with Gasteiger partial charge >= 0.3 is 11.8 Å². The topological polar surface area (TPSA) is 127 Å². The zero-order valence-corrected chi connectivity index (χ0v) is 21.7. The molecule has 10 nitrogen and oxygen atoms in total. The van der Waals surface area contributed by atoms with Crippen molar-refractivity contribution in [1.82, 2.24) is 5.43 Å². The summed E-state index contributed by atoms with van der Waals surface area (Å²) in [5.74, 6) is -0.878. The number of nitrogens with zero attached hydrogens (tertiary/aromatic N) is 1. The first kappa shape index (κ1) is 27.7. The van der Waals surface area contributed by atoms with E-state index in [0.717, 1.165) is 11.1 Å². The third kappa shape index (κ3) is 7.57. The molecule has 0 aromatic heterocycles. The highest BCUT2D eigenvalue weighted by Crippen LogP contribution is 2.30. The van der Waals surface area contributed by atoms with Crippen molar-refractivity contribution in [3.05, 3.63) is 77.4 Å². The highest BCUT2D eigenvalue weighted by molar-refractivity contribution is 6.39. The summed E-state index contributed by atoms with van der Waals surface area (Å²) in [6.45, 7) is 5.89. The van der Waals surface area contributed by atoms with Crippen LogP contribution in [0.3, 0.4) is 0 Å². The number of methoxy groups -OCH3 is 1. The van der Waals surface area contributed by atoms with Crippen LogP contribution < -0.4 is 30.3 Å². The Morgan fingerprint density at radius 1 is 0.895 bits per heavy atom. The largest absolute Gasteiger partial charge is 0.494 e. The molecule has 0 fully saturated rings. The Bertz CT molecular complexity index is 1320. The van der Waals surface area contributed by atoms with E-state index in [1.807, 2.05) is 26.8 Å². The Kier molecular flexibility index (Phi) is 9.81. The molecule has 0 bridgehead atoms. The molecule has 10 heteroatoms. The van der Waals surface area contributed by atoms with Gasteiger partial charge in [0.1, 0.15) is 5.75 Å². The molecule has 3 rings (SSSR count). The Morgan fingerprint density at radius 2 is 1.63 bits per heavy atom. The molecule has 198 valence electrons. The average molecular weight is 519 g/mol. The van der Waals surface area contributed by atoms with Crippen molar-refractivity contribution in [3.63, 3.8) is 0 Å². The molecule has 0 unspecified atom stereocenters. The number of hydrazone groups is 1. The zero-order chi connectivity index (χ0) is 27.5. The van der Waals surface area contributed by atoms with Gasteiger partial charge in [0, 0.05) is 16.9 Å². The molecule has 0 aliphatic heterocycles. The van der Waals surface area contributed by atoms with Crippen LogP contribution in [0.4, 0.5) is 11.4 Å². The standard InChI is InChI=1S/C28H30N4O6/c1-5-37-22-14-12-21(13-15-22)30-25(33)17-38-26-20(9-7-11-24(26)36-4)16-29-32-28(35)27(34)31-23-10-6-8-18(2)19(23)3/h6-16H,5,17H2,1-4H3,(H,30,33)(H,31,34)(H,32,35)/b29-16-. The fourth-order valence-electron chi connectivity index (χ4n) is 3.36. The van der Waals surface area contributed by atoms with Crippen LogP contribution in [-0.2, 0) is 14.4 Å². The second kappa shape index (κ2) is 13.4. The number of hydrogen-bond donors (Lipinski definition) is 3. The van der Waals surface area contributed by atoms with Crippen LogP contribution in [0.1, 0.15) is 23.6 Å². The summed E-state index contributed by atoms with van der Waals surface area (Å²) in [6.07, 6.45) is 1.30. The van der Waals surface area contributed by atoms with E-state index in [4.69, 9.17) is 14.2 Å². The number of rotatable bonds is 10. The number of carbonyl (C=O) groups excluding carboxylic acids is 3. The van der Waals surface area contributed by atoms with Crippen LogP contribution >= 0.6 is 0 Å². The molecular weight excluding hydrogens is 488 g/mol. The minimum atomic E-state index is -0.942. The number of aryl methyl sites for hydroxylation is 1. The number of carbonyl (C=O) groups is 3. The van der Waals surface area contributed by atoms with Crippen LogP contribution in [0.15, 0.2) is 65.8 Å². The second-order valence-electron chi connectivity index (χ2n) is 8.07. The number of benzene rings is 3. The van der Waals surface area contributed by atoms with E-state index < -0.39 is 11.8 Å². The van der Waals surface area contributed by atoms with E-state index in [0.29, 0.717) is 35.0 Å². The monoisotopic (exact) mass is 518 g/mol. The van der Waals surface area contributed by atoms with Gasteiger partial charge in [-0.05, 0) is 74.4 Å². The number of amides is 3. The summed E-state index contributed by atoms with van der Waals surface area (Å²) in [5.41, 5.74) is 5.60. The maximum Gasteiger partial charge on any atom is 0.329 e. The molecule has 0 aliphatic carbocycles. The average Bonchev–Trinajstić information content (AvgIpc) is 2.91. The minimum absolute atomic E-state index is 0.245. The lowest BCUT2D eigenvalue weighted by Crippen LogP contribution is -2.32. The predicted octanol–water partition coefficient (Wildman–Crippen LogP) is 3.82. The van der Waals surface area contributed by atoms with Gasteiger partial charge in [0.05, 0.1) is 19.9 Å². The molecule has 0 spiro atoms. The van der Waals surface area contributed by atoms with Crippen LogP contribution in [0, 0.1) is 13.8 Å². The molecule has 0 saturated carbocycles. The van der Waals surface area contributed by atoms with E-state index in [9.17, 15) is 14.4 Å². The minimum Gasteiger partial charge on any atom is -0.494 e. The molecule has 0 saturated heterocycles. The zero-order valence-electron chi connectivity index (χ0n) is 21.7. The highest BCUT2D eigenvalue weighted by atomic mass is 16.5. The molecule has 3 amide bonds. The summed E-state index contributed by atoms with van der Waals surface area (Å²) in [7, 11) is 1.46. The molecular formula is C28H30N4O6. The van der Waals surface area contributed by atoms with E-state index >= 15 is 0 Å². The summed E-state index contributed by atoms with van der Waals surface area (Å²) >= 11 is 0. The summed E-state index contributed by atoms with van der Waals surface area (Å²) in [5, 5.41) is 9.18. The second-order valence-corrected chi connectivity index (χ2v) is 8.07. The lowest BCUT2D eigenvalue weighted by atomic mass is 10.1. The van der Waals surface area contributed by atoms with Crippen LogP contribution in [0.25, 0.3) is 0 Å². The van der Waals surface area contributed by atoms with Gasteiger partial charge in [0.25, 0.3) is 5.91 Å². The van der Waals surface area contributed by atoms with Gasteiger partial charge in [-0.2, -0.15) is 5.10 Å². The maximum atomic E-state index is 12.4. The van der Waals surface area contributed by atoms with Gasteiger partial charge in [0.15, 0.2) is 18.1 Å². The van der Waals surface area contributed by atoms with Crippen molar-refractivity contribution in [2.75, 3.05) is 31.0 Å². The molecule has 3 aromatic rings. The highest BCUT2D eigenvalue weighted by Gasteiger charge is 2.15. The Balaban J connectivity index is 1.61. The van der Waals surface area contributed by atoms with Crippen molar-refractivity contribution in [2.24, 2.45) is 5.10 Å². The van der Waals surface area contributed by atoms with E-state index in [2.05, 4.69) is 21.2 Å². The number of anilines is 2. The summed E-state index contributed by atoms with van der Waals surface area (Å²) in [4.78, 5) is 36.9. The smallest absolute Gasteiger partial charge is 0.329 e. The fourth-order valence-corrected chi connectivity index (χ4v) is 3.36. The van der Waals surface area contributed by atoms with E-state index in [-0.39, 0.29) is 18.3 Å². The normalized spacial score (nSPS) is 10.5. The van der Waals surface area contributed by atoms with Crippen molar-refractivity contribution < 1.29 is 28.6 Å². The predicted molar refractivity (Wildman–Crippen MR) is 145 cm³/mol. The number of para-hydroxylation sites is 1. The SMILES string of the molecule is CCOc1ccc(NC(=O)COc2c(/C=N\NC(=O)C(=O)Nc3cccc(C)c3C)cccc2OC)cc1. The number of hydrogen-bond acceptors (Lipinski definition) is 7. The Morgan fingerprint density at radius 3 is 2.34 bits per heavy atom. The van der Waals surface area contributed by atoms with Crippen LogP contribution in [0.2, 0.25) is 0 Å². The van der Waals surface area contributed by atoms with Crippen molar-refractivity contribution >= 4 is 35.3 Å². The first-order valence-electron chi connectivity index (χ1n) is 11.9. The van der Waals surface area contributed by atoms with Gasteiger partial charge < -0.3 is 24.8 Å². The lowest BCUT2D eigenvalue weighted by Gasteiger charge is -2.13. The molecule has 0 atom stereocenters. The molecule has 3 N–H and O–H groups in total. The van der Waals surface area contributed by atoms with Crippen molar-refractivity contribution in [2.45, 2.75) is 20.8 Å². The molecule has 0 radical (unpaired) electrons. The quantitative estimate of drug-likeness (QED) is 0.213. The molecule has 3 aromatic carbocycles. The van der Waals surface area contributed by atoms with Gasteiger partial charge in [-0.3, -0.25) is 14.4 Å². The van der Waals surface area contributed by atoms with E-state index in [1.165, 1.54) is 13.3 Å². The fraction of sp³-hybridized carbons (Fsp3) is 0.214. The Hall–Kier alpha value is -4.86. The Labute approximate surface area is 221 Å². The summed E-state index contributed by atoms with van der Waals surface area (Å²) in [6, 6.07) is 17.4. The molecule has 0 heterocycles.